The lowest BCUT2D eigenvalue weighted by Gasteiger charge is -2.45. The summed E-state index contributed by atoms with van der Waals surface area (Å²) >= 11 is 0. The van der Waals surface area contributed by atoms with Crippen molar-refractivity contribution in [1.82, 2.24) is 0 Å². The summed E-state index contributed by atoms with van der Waals surface area (Å²) in [6.07, 6.45) is 8.68. The van der Waals surface area contributed by atoms with E-state index in [0.29, 0.717) is 0 Å². The van der Waals surface area contributed by atoms with Gasteiger partial charge in [0.25, 0.3) is 0 Å². The van der Waals surface area contributed by atoms with Crippen molar-refractivity contribution in [2.75, 3.05) is 0 Å². The number of hydrogen-bond acceptors (Lipinski definition) is 2. The molecule has 0 saturated heterocycles. The highest BCUT2D eigenvalue weighted by molar-refractivity contribution is 4.94. The number of hydrogen-bond donors (Lipinski definition) is 2. The first-order valence-electron chi connectivity index (χ1n) is 7.03. The fourth-order valence-corrected chi connectivity index (χ4v) is 3.22. The molecule has 1 fully saturated rings. The van der Waals surface area contributed by atoms with E-state index in [4.69, 9.17) is 0 Å². The van der Waals surface area contributed by atoms with Gasteiger partial charge in [-0.3, -0.25) is 0 Å². The Balaban J connectivity index is 2.73. The molecular formula is C14H28O2. The molecule has 0 bridgehead atoms. The molecule has 0 heterocycles. The molecule has 0 aliphatic heterocycles. The maximum Gasteiger partial charge on any atom is 0.0621 e. The highest BCUT2D eigenvalue weighted by atomic mass is 16.3. The van der Waals surface area contributed by atoms with E-state index in [9.17, 15) is 10.2 Å². The van der Waals surface area contributed by atoms with Crippen LogP contribution in [0.2, 0.25) is 0 Å². The first kappa shape index (κ1) is 14.0. The Hall–Kier alpha value is -0.0800. The van der Waals surface area contributed by atoms with E-state index in [1.165, 1.54) is 19.3 Å². The first-order valence-corrected chi connectivity index (χ1v) is 7.03. The van der Waals surface area contributed by atoms with Gasteiger partial charge in [0.2, 0.25) is 0 Å². The molecular weight excluding hydrogens is 200 g/mol. The molecule has 2 heteroatoms. The van der Waals surface area contributed by atoms with Crippen LogP contribution in [-0.4, -0.2) is 22.4 Å². The van der Waals surface area contributed by atoms with Gasteiger partial charge in [0, 0.05) is 5.41 Å². The summed E-state index contributed by atoms with van der Waals surface area (Å²) < 4.78 is 0. The van der Waals surface area contributed by atoms with E-state index < -0.39 is 0 Å². The molecule has 0 amide bonds. The standard InChI is InChI=1S/C14H28O2/c1-3-8-12(15)14(13(16)9-4-2)10-6-5-7-11-14/h12-13,15-16H,3-11H2,1-2H3. The molecule has 1 saturated carbocycles. The highest BCUT2D eigenvalue weighted by Gasteiger charge is 2.43. The molecule has 0 aromatic carbocycles. The maximum atomic E-state index is 10.4. The van der Waals surface area contributed by atoms with Crippen LogP contribution in [0.1, 0.15) is 71.6 Å². The van der Waals surface area contributed by atoms with Crippen molar-refractivity contribution >= 4 is 0 Å². The summed E-state index contributed by atoms with van der Waals surface area (Å²) in [5.41, 5.74) is -0.190. The predicted octanol–water partition coefficient (Wildman–Crippen LogP) is 3.26. The van der Waals surface area contributed by atoms with E-state index >= 15 is 0 Å². The van der Waals surface area contributed by atoms with Gasteiger partial charge in [-0.1, -0.05) is 46.0 Å². The van der Waals surface area contributed by atoms with Crippen LogP contribution < -0.4 is 0 Å². The summed E-state index contributed by atoms with van der Waals surface area (Å²) in [6.45, 7) is 4.21. The Morgan fingerprint density at radius 2 is 1.31 bits per heavy atom. The van der Waals surface area contributed by atoms with Crippen molar-refractivity contribution in [2.45, 2.75) is 83.8 Å². The molecule has 0 aromatic heterocycles. The van der Waals surface area contributed by atoms with E-state index in [1.807, 2.05) is 0 Å². The zero-order chi connectivity index (χ0) is 12.0. The smallest absolute Gasteiger partial charge is 0.0621 e. The largest absolute Gasteiger partial charge is 0.392 e. The molecule has 2 nitrogen and oxygen atoms in total. The summed E-state index contributed by atoms with van der Waals surface area (Å²) in [5, 5.41) is 20.7. The Morgan fingerprint density at radius 3 is 1.69 bits per heavy atom. The average Bonchev–Trinajstić information content (AvgIpc) is 2.30. The third-order valence-electron chi connectivity index (χ3n) is 4.24. The van der Waals surface area contributed by atoms with Crippen LogP contribution in [0, 0.1) is 5.41 Å². The SMILES string of the molecule is CCCC(O)C1(C(O)CCC)CCCCC1. The number of aliphatic hydroxyl groups is 2. The zero-order valence-corrected chi connectivity index (χ0v) is 10.9. The van der Waals surface area contributed by atoms with Crippen molar-refractivity contribution in [3.63, 3.8) is 0 Å². The quantitative estimate of drug-likeness (QED) is 0.732. The minimum atomic E-state index is -0.306. The maximum absolute atomic E-state index is 10.4. The van der Waals surface area contributed by atoms with Gasteiger partial charge >= 0.3 is 0 Å². The second-order valence-corrected chi connectivity index (χ2v) is 5.40. The normalized spacial score (nSPS) is 24.0. The van der Waals surface area contributed by atoms with Crippen LogP contribution in [0.5, 0.6) is 0 Å². The average molecular weight is 228 g/mol. The third kappa shape index (κ3) is 2.98. The van der Waals surface area contributed by atoms with Crippen LogP contribution in [0.15, 0.2) is 0 Å². The van der Waals surface area contributed by atoms with Gasteiger partial charge in [0.1, 0.15) is 0 Å². The molecule has 96 valence electrons. The van der Waals surface area contributed by atoms with Crippen molar-refractivity contribution < 1.29 is 10.2 Å². The lowest BCUT2D eigenvalue weighted by molar-refractivity contribution is -0.0979. The predicted molar refractivity (Wildman–Crippen MR) is 67.3 cm³/mol. The summed E-state index contributed by atoms with van der Waals surface area (Å²) in [4.78, 5) is 0. The van der Waals surface area contributed by atoms with Crippen LogP contribution in [-0.2, 0) is 0 Å². The molecule has 1 rings (SSSR count). The third-order valence-corrected chi connectivity index (χ3v) is 4.24. The fraction of sp³-hybridized carbons (Fsp3) is 1.00. The van der Waals surface area contributed by atoms with Crippen molar-refractivity contribution in [3.8, 4) is 0 Å². The molecule has 16 heavy (non-hydrogen) atoms. The summed E-state index contributed by atoms with van der Waals surface area (Å²) in [7, 11) is 0. The zero-order valence-electron chi connectivity index (χ0n) is 10.9. The Bertz CT molecular complexity index is 171. The lowest BCUT2D eigenvalue weighted by atomic mass is 9.65. The molecule has 2 unspecified atom stereocenters. The second kappa shape index (κ2) is 6.61. The van der Waals surface area contributed by atoms with E-state index in [0.717, 1.165) is 38.5 Å². The topological polar surface area (TPSA) is 40.5 Å². The highest BCUT2D eigenvalue weighted by Crippen LogP contribution is 2.44. The molecule has 0 aromatic rings. The Morgan fingerprint density at radius 1 is 0.875 bits per heavy atom. The first-order chi connectivity index (χ1) is 7.67. The van der Waals surface area contributed by atoms with Crippen LogP contribution in [0.4, 0.5) is 0 Å². The molecule has 0 radical (unpaired) electrons. The molecule has 0 spiro atoms. The van der Waals surface area contributed by atoms with Crippen molar-refractivity contribution in [1.29, 1.82) is 0 Å². The Kier molecular flexibility index (Phi) is 5.77. The van der Waals surface area contributed by atoms with Crippen LogP contribution in [0.25, 0.3) is 0 Å². The fourth-order valence-electron chi connectivity index (χ4n) is 3.22. The molecule has 1 aliphatic carbocycles. The second-order valence-electron chi connectivity index (χ2n) is 5.40. The van der Waals surface area contributed by atoms with Gasteiger partial charge in [-0.2, -0.15) is 0 Å². The number of rotatable bonds is 6. The summed E-state index contributed by atoms with van der Waals surface area (Å²) in [5.74, 6) is 0. The van der Waals surface area contributed by atoms with Gasteiger partial charge in [-0.05, 0) is 25.7 Å². The van der Waals surface area contributed by atoms with Crippen LogP contribution in [0.3, 0.4) is 0 Å². The van der Waals surface area contributed by atoms with Crippen molar-refractivity contribution in [2.24, 2.45) is 5.41 Å². The Labute approximate surface area is 100 Å². The minimum absolute atomic E-state index is 0.190. The summed E-state index contributed by atoms with van der Waals surface area (Å²) in [6, 6.07) is 0. The van der Waals surface area contributed by atoms with E-state index in [2.05, 4.69) is 13.8 Å². The monoisotopic (exact) mass is 228 g/mol. The molecule has 2 atom stereocenters. The lowest BCUT2D eigenvalue weighted by Crippen LogP contribution is -2.46. The van der Waals surface area contributed by atoms with E-state index in [1.54, 1.807) is 0 Å². The van der Waals surface area contributed by atoms with Gasteiger partial charge < -0.3 is 10.2 Å². The molecule has 1 aliphatic rings. The van der Waals surface area contributed by atoms with Gasteiger partial charge in [-0.15, -0.1) is 0 Å². The van der Waals surface area contributed by atoms with Crippen LogP contribution >= 0.6 is 0 Å². The van der Waals surface area contributed by atoms with Gasteiger partial charge in [0.15, 0.2) is 0 Å². The van der Waals surface area contributed by atoms with E-state index in [-0.39, 0.29) is 17.6 Å². The van der Waals surface area contributed by atoms with Crippen molar-refractivity contribution in [3.05, 3.63) is 0 Å². The molecule has 2 N–H and O–H groups in total. The number of aliphatic hydroxyl groups excluding tert-OH is 2. The minimum Gasteiger partial charge on any atom is -0.392 e. The van der Waals surface area contributed by atoms with Gasteiger partial charge in [-0.25, -0.2) is 0 Å². The van der Waals surface area contributed by atoms with Gasteiger partial charge in [0.05, 0.1) is 12.2 Å².